The van der Waals surface area contributed by atoms with Gasteiger partial charge in [-0.05, 0) is 59.9 Å². The Hall–Kier alpha value is -3.66. The topological polar surface area (TPSA) is 46.6 Å². The maximum Gasteiger partial charge on any atom is 0.254 e. The summed E-state index contributed by atoms with van der Waals surface area (Å²) in [5, 5.41) is 0. The van der Waals surface area contributed by atoms with Crippen molar-refractivity contribution in [1.82, 2.24) is 4.90 Å². The minimum Gasteiger partial charge on any atom is -0.488 e. The molecule has 0 fully saturated rings. The SMILES string of the molecule is C=C(C)c1cc(C(=O)N2Cc3ccc(C=O)cc3C2)c(C)cc1OCc1ccccc1. The Bertz CT molecular complexity index is 1160. The minimum atomic E-state index is -0.0292. The van der Waals surface area contributed by atoms with E-state index in [0.717, 1.165) is 45.4 Å². The number of fused-ring (bicyclic) bond motifs is 1. The molecule has 3 aromatic carbocycles. The van der Waals surface area contributed by atoms with Gasteiger partial charge < -0.3 is 9.64 Å². The van der Waals surface area contributed by atoms with Crippen LogP contribution in [0.15, 0.2) is 67.2 Å². The molecule has 0 saturated heterocycles. The predicted molar refractivity (Wildman–Crippen MR) is 122 cm³/mol. The number of hydrogen-bond acceptors (Lipinski definition) is 3. The second kappa shape index (κ2) is 8.60. The Balaban J connectivity index is 1.58. The van der Waals surface area contributed by atoms with E-state index in [2.05, 4.69) is 6.58 Å². The summed E-state index contributed by atoms with van der Waals surface area (Å²) in [5.74, 6) is 0.698. The average Bonchev–Trinajstić information content (AvgIpc) is 3.21. The third-order valence-corrected chi connectivity index (χ3v) is 5.63. The number of hydrogen-bond donors (Lipinski definition) is 0. The van der Waals surface area contributed by atoms with Gasteiger partial charge in [0.15, 0.2) is 0 Å². The second-order valence-electron chi connectivity index (χ2n) is 8.03. The van der Waals surface area contributed by atoms with Gasteiger partial charge >= 0.3 is 0 Å². The van der Waals surface area contributed by atoms with E-state index < -0.39 is 0 Å². The van der Waals surface area contributed by atoms with Crippen molar-refractivity contribution in [2.24, 2.45) is 0 Å². The van der Waals surface area contributed by atoms with Gasteiger partial charge in [-0.3, -0.25) is 9.59 Å². The maximum atomic E-state index is 13.3. The van der Waals surface area contributed by atoms with Crippen molar-refractivity contribution in [3.8, 4) is 5.75 Å². The van der Waals surface area contributed by atoms with Crippen LogP contribution in [0.1, 0.15) is 55.5 Å². The van der Waals surface area contributed by atoms with Crippen molar-refractivity contribution in [2.45, 2.75) is 33.5 Å². The van der Waals surface area contributed by atoms with Crippen molar-refractivity contribution in [1.29, 1.82) is 0 Å². The molecule has 156 valence electrons. The summed E-state index contributed by atoms with van der Waals surface area (Å²) in [6.45, 7) is 9.43. The molecule has 0 spiro atoms. The largest absolute Gasteiger partial charge is 0.488 e. The zero-order valence-electron chi connectivity index (χ0n) is 17.9. The number of aryl methyl sites for hydroxylation is 1. The van der Waals surface area contributed by atoms with Crippen LogP contribution in [0.5, 0.6) is 5.75 Å². The van der Waals surface area contributed by atoms with Crippen LogP contribution in [0.2, 0.25) is 0 Å². The van der Waals surface area contributed by atoms with Crippen LogP contribution >= 0.6 is 0 Å². The summed E-state index contributed by atoms with van der Waals surface area (Å²) >= 11 is 0. The molecule has 4 rings (SSSR count). The number of ether oxygens (including phenoxy) is 1. The van der Waals surface area contributed by atoms with E-state index in [4.69, 9.17) is 4.74 Å². The number of rotatable bonds is 6. The second-order valence-corrected chi connectivity index (χ2v) is 8.03. The van der Waals surface area contributed by atoms with E-state index in [1.165, 1.54) is 0 Å². The van der Waals surface area contributed by atoms with Gasteiger partial charge in [-0.2, -0.15) is 0 Å². The number of amides is 1. The van der Waals surface area contributed by atoms with Crippen LogP contribution in [-0.2, 0) is 19.7 Å². The smallest absolute Gasteiger partial charge is 0.254 e. The summed E-state index contributed by atoms with van der Waals surface area (Å²) in [7, 11) is 0. The molecule has 3 aromatic rings. The lowest BCUT2D eigenvalue weighted by molar-refractivity contribution is 0.0750. The van der Waals surface area contributed by atoms with Crippen LogP contribution in [-0.4, -0.2) is 17.1 Å². The highest BCUT2D eigenvalue weighted by atomic mass is 16.5. The summed E-state index contributed by atoms with van der Waals surface area (Å²) in [6.07, 6.45) is 0.836. The molecule has 0 aliphatic carbocycles. The molecule has 0 bridgehead atoms. The standard InChI is InChI=1S/C27H25NO3/c1-18(2)24-13-25(19(3)11-26(24)31-17-20-7-5-4-6-8-20)27(30)28-14-22-10-9-21(16-29)12-23(22)15-28/h4-13,16H,1,14-15,17H2,2-3H3. The molecule has 1 aliphatic rings. The fraction of sp³-hybridized carbons (Fsp3) is 0.185. The molecule has 0 aromatic heterocycles. The Kier molecular flexibility index (Phi) is 5.72. The van der Waals surface area contributed by atoms with E-state index in [1.807, 2.05) is 73.3 Å². The molecule has 1 heterocycles. The van der Waals surface area contributed by atoms with E-state index >= 15 is 0 Å². The van der Waals surface area contributed by atoms with Crippen molar-refractivity contribution in [3.05, 3.63) is 106 Å². The van der Waals surface area contributed by atoms with Gasteiger partial charge in [-0.25, -0.2) is 0 Å². The van der Waals surface area contributed by atoms with Gasteiger partial charge in [0.25, 0.3) is 5.91 Å². The van der Waals surface area contributed by atoms with E-state index in [9.17, 15) is 9.59 Å². The molecule has 4 nitrogen and oxygen atoms in total. The van der Waals surface area contributed by atoms with Gasteiger partial charge in [0.1, 0.15) is 18.6 Å². The van der Waals surface area contributed by atoms with E-state index in [1.54, 1.807) is 6.07 Å². The third kappa shape index (κ3) is 4.29. The highest BCUT2D eigenvalue weighted by Crippen LogP contribution is 2.32. The Labute approximate surface area is 182 Å². The molecular formula is C27H25NO3. The van der Waals surface area contributed by atoms with Crippen molar-refractivity contribution >= 4 is 17.8 Å². The number of benzene rings is 3. The first-order valence-corrected chi connectivity index (χ1v) is 10.3. The van der Waals surface area contributed by atoms with Gasteiger partial charge in [0.2, 0.25) is 0 Å². The molecule has 0 atom stereocenters. The van der Waals surface area contributed by atoms with Gasteiger partial charge in [0.05, 0.1) is 0 Å². The van der Waals surface area contributed by atoms with Crippen molar-refractivity contribution in [2.75, 3.05) is 0 Å². The number of allylic oxidation sites excluding steroid dienone is 1. The fourth-order valence-corrected chi connectivity index (χ4v) is 3.90. The van der Waals surface area contributed by atoms with Gasteiger partial charge in [0, 0.05) is 29.8 Å². The molecule has 31 heavy (non-hydrogen) atoms. The highest BCUT2D eigenvalue weighted by molar-refractivity contribution is 5.97. The quantitative estimate of drug-likeness (QED) is 0.498. The summed E-state index contributed by atoms with van der Waals surface area (Å²) in [4.78, 5) is 26.2. The van der Waals surface area contributed by atoms with Crippen LogP contribution < -0.4 is 4.74 Å². The zero-order valence-corrected chi connectivity index (χ0v) is 17.9. The molecule has 1 amide bonds. The maximum absolute atomic E-state index is 13.3. The first-order valence-electron chi connectivity index (χ1n) is 10.3. The summed E-state index contributed by atoms with van der Waals surface area (Å²) in [6, 6.07) is 19.4. The van der Waals surface area contributed by atoms with Crippen LogP contribution in [0.4, 0.5) is 0 Å². The number of carbonyl (C=O) groups is 2. The average molecular weight is 412 g/mol. The Morgan fingerprint density at radius 2 is 1.77 bits per heavy atom. The molecule has 0 unspecified atom stereocenters. The zero-order chi connectivity index (χ0) is 22.0. The lowest BCUT2D eigenvalue weighted by atomic mass is 9.99. The summed E-state index contributed by atoms with van der Waals surface area (Å²) < 4.78 is 6.08. The number of aldehydes is 1. The molecule has 0 N–H and O–H groups in total. The molecule has 4 heteroatoms. The van der Waals surface area contributed by atoms with E-state index in [-0.39, 0.29) is 5.91 Å². The Morgan fingerprint density at radius 1 is 1.03 bits per heavy atom. The summed E-state index contributed by atoms with van der Waals surface area (Å²) in [5.41, 5.74) is 7.02. The third-order valence-electron chi connectivity index (χ3n) is 5.63. The minimum absolute atomic E-state index is 0.0292. The van der Waals surface area contributed by atoms with Crippen LogP contribution in [0, 0.1) is 6.92 Å². The highest BCUT2D eigenvalue weighted by Gasteiger charge is 2.26. The molecular weight excluding hydrogens is 386 g/mol. The number of nitrogens with zero attached hydrogens (tertiary/aromatic N) is 1. The lowest BCUT2D eigenvalue weighted by Crippen LogP contribution is -2.26. The fourth-order valence-electron chi connectivity index (χ4n) is 3.90. The molecule has 1 aliphatic heterocycles. The first-order chi connectivity index (χ1) is 15.0. The van der Waals surface area contributed by atoms with E-state index in [0.29, 0.717) is 30.8 Å². The van der Waals surface area contributed by atoms with Crippen molar-refractivity contribution < 1.29 is 14.3 Å². The first kappa shape index (κ1) is 20.6. The Morgan fingerprint density at radius 3 is 2.48 bits per heavy atom. The van der Waals surface area contributed by atoms with Crippen LogP contribution in [0.25, 0.3) is 5.57 Å². The molecule has 0 radical (unpaired) electrons. The lowest BCUT2D eigenvalue weighted by Gasteiger charge is -2.20. The van der Waals surface area contributed by atoms with Crippen molar-refractivity contribution in [3.63, 3.8) is 0 Å². The monoisotopic (exact) mass is 411 g/mol. The van der Waals surface area contributed by atoms with Crippen LogP contribution in [0.3, 0.4) is 0 Å². The number of carbonyl (C=O) groups excluding carboxylic acids is 2. The normalized spacial score (nSPS) is 12.4. The predicted octanol–water partition coefficient (Wildman–Crippen LogP) is 5.58. The van der Waals surface area contributed by atoms with Gasteiger partial charge in [-0.15, -0.1) is 0 Å². The molecule has 0 saturated carbocycles. The van der Waals surface area contributed by atoms with Gasteiger partial charge in [-0.1, -0.05) is 49.0 Å².